The van der Waals surface area contributed by atoms with Crippen molar-refractivity contribution in [1.29, 1.82) is 0 Å². The van der Waals surface area contributed by atoms with Crippen LogP contribution >= 0.6 is 0 Å². The number of nitrogens with one attached hydrogen (secondary N) is 1. The molecule has 1 aromatic heterocycles. The molecule has 9 rings (SSSR count). The van der Waals surface area contributed by atoms with Crippen molar-refractivity contribution in [3.63, 3.8) is 0 Å². The third kappa shape index (κ3) is 7.53. The Kier molecular flexibility index (Phi) is 11.2. The van der Waals surface area contributed by atoms with E-state index < -0.39 is 50.6 Å². The third-order valence-corrected chi connectivity index (χ3v) is 12.7. The second kappa shape index (κ2) is 16.4. The fourth-order valence-corrected chi connectivity index (χ4v) is 10.0. The van der Waals surface area contributed by atoms with Crippen molar-refractivity contribution in [2.75, 3.05) is 13.2 Å². The zero-order valence-corrected chi connectivity index (χ0v) is 35.9. The molecule has 0 saturated carbocycles. The summed E-state index contributed by atoms with van der Waals surface area (Å²) in [7, 11) is -2.60. The van der Waals surface area contributed by atoms with E-state index in [9.17, 15) is 43.9 Å². The summed E-state index contributed by atoms with van der Waals surface area (Å²) in [5.41, 5.74) is 11.3. The van der Waals surface area contributed by atoms with Gasteiger partial charge in [0.25, 0.3) is 0 Å². The Morgan fingerprint density at radius 3 is 1.83 bits per heavy atom. The first kappa shape index (κ1) is 45.1. The maximum Gasteiger partial charge on any atom is 0.597 e. The summed E-state index contributed by atoms with van der Waals surface area (Å²) in [6.07, 6.45) is -0.769. The van der Waals surface area contributed by atoms with E-state index in [1.54, 1.807) is 26.8 Å². The third-order valence-electron chi connectivity index (χ3n) is 12.7. The number of hydrogen-bond donors (Lipinski definition) is 1. The molecule has 0 radical (unpaired) electrons. The van der Waals surface area contributed by atoms with Gasteiger partial charge in [-0.3, -0.25) is 0 Å². The number of nitrogens with zero attached hydrogens (tertiary/aromatic N) is 1. The number of aromatic nitrogens is 1. The van der Waals surface area contributed by atoms with Crippen LogP contribution in [0.2, 0.25) is 0 Å². The molecule has 3 atom stereocenters. The Bertz CT molecular complexity index is 2940. The van der Waals surface area contributed by atoms with Crippen molar-refractivity contribution in [2.24, 2.45) is 17.8 Å². The van der Waals surface area contributed by atoms with E-state index in [4.69, 9.17) is 9.31 Å². The summed E-state index contributed by atoms with van der Waals surface area (Å²) in [6.45, 7) is 1.83. The van der Waals surface area contributed by atoms with Crippen molar-refractivity contribution in [1.82, 2.24) is 9.79 Å². The lowest BCUT2D eigenvalue weighted by Crippen LogP contribution is -2.50. The average Bonchev–Trinajstić information content (AvgIpc) is 3.89. The number of fused-ring (bicyclic) bond motifs is 3. The maximum absolute atomic E-state index is 14.5. The Morgan fingerprint density at radius 1 is 0.682 bits per heavy atom. The number of H-pyrrole nitrogens is 1. The lowest BCUT2D eigenvalue weighted by atomic mass is 9.71. The molecule has 5 aliphatic rings. The quantitative estimate of drug-likeness (QED) is 0.120. The minimum absolute atomic E-state index is 0.0911. The van der Waals surface area contributed by atoms with Gasteiger partial charge in [-0.2, -0.15) is 43.9 Å². The van der Waals surface area contributed by atoms with Gasteiger partial charge in [0.05, 0.1) is 5.69 Å². The summed E-state index contributed by atoms with van der Waals surface area (Å²) < 4.78 is 149. The number of aromatic amines is 1. The monoisotopic (exact) mass is 914 g/mol. The van der Waals surface area contributed by atoms with E-state index in [-0.39, 0.29) is 23.2 Å². The highest BCUT2D eigenvalue weighted by Crippen LogP contribution is 2.59. The molecule has 1 aliphatic heterocycles. The van der Waals surface area contributed by atoms with Crippen LogP contribution in [0.3, 0.4) is 0 Å². The smallest absolute Gasteiger partial charge is 0.385 e. The normalized spacial score (nSPS) is 21.3. The number of rotatable bonds is 11. The van der Waals surface area contributed by atoms with Gasteiger partial charge in [0.15, 0.2) is 0 Å². The van der Waals surface area contributed by atoms with Crippen LogP contribution in [0.1, 0.15) is 41.9 Å². The number of alkyl halides is 10. The highest BCUT2D eigenvalue weighted by molar-refractivity contribution is 6.42. The fourth-order valence-electron chi connectivity index (χ4n) is 10.0. The first-order valence-corrected chi connectivity index (χ1v) is 21.2. The molecular formula is C51H41BF10N2O2. The number of benzene rings is 3. The van der Waals surface area contributed by atoms with E-state index in [2.05, 4.69) is 47.5 Å². The van der Waals surface area contributed by atoms with E-state index in [1.165, 1.54) is 6.92 Å². The Balaban J connectivity index is 1.27. The fraction of sp³-hybridized carbons (Fsp3) is 0.255. The lowest BCUT2D eigenvalue weighted by Gasteiger charge is -2.36. The Labute approximate surface area is 374 Å². The Morgan fingerprint density at radius 2 is 1.26 bits per heavy atom. The molecule has 4 aliphatic carbocycles. The molecule has 4 aromatic rings. The average molecular weight is 915 g/mol. The second-order valence-corrected chi connectivity index (χ2v) is 17.1. The first-order chi connectivity index (χ1) is 31.2. The molecular weight excluding hydrogens is 873 g/mol. The van der Waals surface area contributed by atoms with Crippen LogP contribution in [0.5, 0.6) is 0 Å². The number of allylic oxidation sites excluding steroid dienone is 13. The zero-order valence-electron chi connectivity index (χ0n) is 35.9. The summed E-state index contributed by atoms with van der Waals surface area (Å²) in [5, 5.41) is 2.12. The van der Waals surface area contributed by atoms with Gasteiger partial charge in [-0.05, 0) is 93.0 Å². The topological polar surface area (TPSA) is 37.5 Å². The molecule has 3 unspecified atom stereocenters. The number of aryl methyl sites for hydroxylation is 2. The summed E-state index contributed by atoms with van der Waals surface area (Å²) >= 11 is 0. The van der Waals surface area contributed by atoms with Gasteiger partial charge < -0.3 is 19.1 Å². The van der Waals surface area contributed by atoms with Crippen LogP contribution in [-0.2, 0) is 9.31 Å². The summed E-state index contributed by atoms with van der Waals surface area (Å²) in [4.78, 5) is 4.37. The first-order valence-electron chi connectivity index (χ1n) is 21.2. The van der Waals surface area contributed by atoms with Crippen molar-refractivity contribution >= 4 is 24.0 Å². The van der Waals surface area contributed by atoms with Crippen molar-refractivity contribution in [3.8, 4) is 0 Å². The lowest BCUT2D eigenvalue weighted by molar-refractivity contribution is -0.296. The highest BCUT2D eigenvalue weighted by Gasteiger charge is 2.61. The molecule has 0 bridgehead atoms. The molecule has 15 heteroatoms. The largest absolute Gasteiger partial charge is 0.597 e. The SMILES string of the molecule is CC1=CC(C)/C(=C(\C2=CC=C3C4C2=CC=CC4=C2C(c4ccccc4)=c4ccccc4=C(c4ccccc4)C32)c2[nH]c(C)cc2C)N1B(OCC(F)(F)C(F)(F)F)OCC(F)(F)C(F)(F)F. The van der Waals surface area contributed by atoms with Gasteiger partial charge in [0, 0.05) is 40.4 Å². The molecule has 2 heterocycles. The van der Waals surface area contributed by atoms with Gasteiger partial charge in [-0.25, -0.2) is 0 Å². The number of hydrogen-bond acceptors (Lipinski definition) is 3. The van der Waals surface area contributed by atoms with E-state index in [0.29, 0.717) is 28.1 Å². The van der Waals surface area contributed by atoms with Crippen LogP contribution in [0, 0.1) is 31.6 Å². The molecule has 66 heavy (non-hydrogen) atoms. The van der Waals surface area contributed by atoms with Gasteiger partial charge in [0.2, 0.25) is 0 Å². The maximum atomic E-state index is 14.5. The molecule has 1 N–H and O–H groups in total. The standard InChI is InChI=1S/C51H41BF10N2O2/c1-28-24-30(3)63-46(28)45(47-29(2)25-31(4)64(47)52(65-26-48(53,54)50(57,58)59)66-27-49(55,56)51(60,61)62)37-22-23-39-42-36(37)20-13-21-38(42)43-40(32-14-7-5-8-15-32)34-18-11-12-19-35(34)41(44(39)43)33-16-9-6-10-17-33/h5-25,29,42,44,63H,26-27H2,1-4H3/b47-45-. The molecule has 0 saturated heterocycles. The van der Waals surface area contributed by atoms with E-state index in [1.807, 2.05) is 78.9 Å². The molecule has 0 amide bonds. The minimum Gasteiger partial charge on any atom is -0.385 e. The molecule has 340 valence electrons. The van der Waals surface area contributed by atoms with E-state index >= 15 is 0 Å². The van der Waals surface area contributed by atoms with Crippen LogP contribution in [0.15, 0.2) is 167 Å². The van der Waals surface area contributed by atoms with Crippen LogP contribution in [0.25, 0.3) is 16.7 Å². The molecule has 4 nitrogen and oxygen atoms in total. The van der Waals surface area contributed by atoms with Crippen LogP contribution in [0.4, 0.5) is 43.9 Å². The van der Waals surface area contributed by atoms with Gasteiger partial charge >= 0.3 is 31.5 Å². The minimum atomic E-state index is -6.14. The summed E-state index contributed by atoms with van der Waals surface area (Å²) in [6, 6.07) is 30.3. The molecule has 0 fully saturated rings. The van der Waals surface area contributed by atoms with E-state index in [0.717, 1.165) is 59.8 Å². The number of halogens is 10. The van der Waals surface area contributed by atoms with Gasteiger partial charge in [-0.1, -0.05) is 128 Å². The van der Waals surface area contributed by atoms with Gasteiger partial charge in [-0.15, -0.1) is 0 Å². The predicted molar refractivity (Wildman–Crippen MR) is 233 cm³/mol. The van der Waals surface area contributed by atoms with Crippen LogP contribution < -0.4 is 10.4 Å². The van der Waals surface area contributed by atoms with Crippen molar-refractivity contribution < 1.29 is 53.2 Å². The van der Waals surface area contributed by atoms with Gasteiger partial charge in [0.1, 0.15) is 13.2 Å². The highest BCUT2D eigenvalue weighted by atomic mass is 19.4. The summed E-state index contributed by atoms with van der Waals surface area (Å²) in [5.74, 6) is -12.4. The Hall–Kier alpha value is -6.06. The van der Waals surface area contributed by atoms with Crippen molar-refractivity contribution in [3.05, 3.63) is 205 Å². The molecule has 3 aromatic carbocycles. The predicted octanol–water partition coefficient (Wildman–Crippen LogP) is 11.6. The molecule has 0 spiro atoms. The second-order valence-electron chi connectivity index (χ2n) is 17.1. The zero-order chi connectivity index (χ0) is 47.1. The van der Waals surface area contributed by atoms with Crippen molar-refractivity contribution in [2.45, 2.75) is 51.9 Å². The van der Waals surface area contributed by atoms with Crippen LogP contribution in [-0.4, -0.2) is 54.5 Å².